The molecule has 0 fully saturated rings. The first-order valence-corrected chi connectivity index (χ1v) is 8.25. The Morgan fingerprint density at radius 3 is 1.81 bits per heavy atom. The van der Waals surface area contributed by atoms with Crippen molar-refractivity contribution in [3.63, 3.8) is 0 Å². The number of benzene rings is 2. The summed E-state index contributed by atoms with van der Waals surface area (Å²) in [5, 5.41) is 0. The first-order chi connectivity index (χ1) is 12.5. The zero-order valence-electron chi connectivity index (χ0n) is 14.2. The van der Waals surface area contributed by atoms with Crippen LogP contribution in [-0.2, 0) is 12.8 Å². The van der Waals surface area contributed by atoms with Gasteiger partial charge in [-0.15, -0.1) is 0 Å². The van der Waals surface area contributed by atoms with E-state index in [0.717, 1.165) is 22.3 Å². The fourth-order valence-corrected chi connectivity index (χ4v) is 2.93. The molecule has 2 aromatic carbocycles. The molecule has 0 aliphatic rings. The summed E-state index contributed by atoms with van der Waals surface area (Å²) >= 11 is 0. The molecular weight excluding hydrogens is 326 g/mol. The van der Waals surface area contributed by atoms with Crippen LogP contribution in [0.2, 0.25) is 0 Å². The van der Waals surface area contributed by atoms with Crippen molar-refractivity contribution >= 4 is 11.8 Å². The van der Waals surface area contributed by atoms with Gasteiger partial charge in [0.1, 0.15) is 11.4 Å². The van der Waals surface area contributed by atoms with Gasteiger partial charge < -0.3 is 11.5 Å². The summed E-state index contributed by atoms with van der Waals surface area (Å²) in [4.78, 5) is 27.8. The van der Waals surface area contributed by atoms with Gasteiger partial charge in [-0.3, -0.25) is 9.59 Å². The molecule has 26 heavy (non-hydrogen) atoms. The molecule has 0 radical (unpaired) electrons. The number of hydrogen-bond donors (Lipinski definition) is 2. The van der Waals surface area contributed by atoms with E-state index in [1.807, 2.05) is 60.7 Å². The number of amides is 2. The molecule has 1 aromatic heterocycles. The average molecular weight is 345 g/mol. The Balaban J connectivity index is 2.14. The SMILES string of the molecule is NC(=O)c1cc(Cc2ccccc2)c(Cc2ccccc2)c(C(N)=O)n1. The highest BCUT2D eigenvalue weighted by molar-refractivity contribution is 5.96. The summed E-state index contributed by atoms with van der Waals surface area (Å²) < 4.78 is 0. The molecule has 0 spiro atoms. The minimum absolute atomic E-state index is 0.0431. The number of nitrogens with zero attached hydrogens (tertiary/aromatic N) is 1. The Labute approximate surface area is 151 Å². The molecule has 0 atom stereocenters. The quantitative estimate of drug-likeness (QED) is 0.718. The summed E-state index contributed by atoms with van der Waals surface area (Å²) in [6.45, 7) is 0. The maximum absolute atomic E-state index is 12.0. The number of pyridine rings is 1. The van der Waals surface area contributed by atoms with Gasteiger partial charge >= 0.3 is 0 Å². The van der Waals surface area contributed by atoms with Crippen molar-refractivity contribution in [3.8, 4) is 0 Å². The van der Waals surface area contributed by atoms with Crippen molar-refractivity contribution in [1.82, 2.24) is 4.98 Å². The van der Waals surface area contributed by atoms with Crippen LogP contribution >= 0.6 is 0 Å². The number of nitrogens with two attached hydrogens (primary N) is 2. The zero-order chi connectivity index (χ0) is 18.5. The molecule has 2 amide bonds. The van der Waals surface area contributed by atoms with Crippen molar-refractivity contribution in [2.24, 2.45) is 11.5 Å². The third kappa shape index (κ3) is 3.95. The summed E-state index contributed by atoms with van der Waals surface area (Å²) in [5.41, 5.74) is 14.7. The van der Waals surface area contributed by atoms with Crippen LogP contribution in [0.1, 0.15) is 43.2 Å². The molecule has 5 heteroatoms. The molecule has 3 rings (SSSR count). The van der Waals surface area contributed by atoms with Gasteiger partial charge in [-0.25, -0.2) is 4.98 Å². The molecule has 0 saturated carbocycles. The largest absolute Gasteiger partial charge is 0.364 e. The van der Waals surface area contributed by atoms with Crippen LogP contribution in [0.25, 0.3) is 0 Å². The molecule has 0 bridgehead atoms. The van der Waals surface area contributed by atoms with Crippen LogP contribution in [0.4, 0.5) is 0 Å². The molecule has 0 unspecified atom stereocenters. The van der Waals surface area contributed by atoms with Crippen molar-refractivity contribution in [2.75, 3.05) is 0 Å². The minimum Gasteiger partial charge on any atom is -0.364 e. The molecule has 0 aliphatic heterocycles. The van der Waals surface area contributed by atoms with Crippen LogP contribution in [0.3, 0.4) is 0 Å². The van der Waals surface area contributed by atoms with Crippen LogP contribution in [-0.4, -0.2) is 16.8 Å². The average Bonchev–Trinajstić information content (AvgIpc) is 2.64. The second-order valence-corrected chi connectivity index (χ2v) is 6.05. The topological polar surface area (TPSA) is 99.1 Å². The number of aromatic nitrogens is 1. The van der Waals surface area contributed by atoms with Crippen LogP contribution in [0.5, 0.6) is 0 Å². The molecule has 4 N–H and O–H groups in total. The van der Waals surface area contributed by atoms with E-state index in [1.54, 1.807) is 6.07 Å². The normalized spacial score (nSPS) is 10.5. The predicted octanol–water partition coefficient (Wildman–Crippen LogP) is 2.46. The van der Waals surface area contributed by atoms with E-state index < -0.39 is 11.8 Å². The molecule has 1 heterocycles. The van der Waals surface area contributed by atoms with Gasteiger partial charge in [0, 0.05) is 6.42 Å². The summed E-state index contributed by atoms with van der Waals surface area (Å²) in [5.74, 6) is -1.36. The molecular formula is C21H19N3O2. The standard InChI is InChI=1S/C21H19N3O2/c22-20(25)18-13-16(11-14-7-3-1-4-8-14)17(19(24-18)21(23)26)12-15-9-5-2-6-10-15/h1-10,13H,11-12H2,(H2,22,25)(H2,23,26). The number of rotatable bonds is 6. The minimum atomic E-state index is -0.687. The van der Waals surface area contributed by atoms with E-state index in [-0.39, 0.29) is 11.4 Å². The first-order valence-electron chi connectivity index (χ1n) is 8.25. The molecule has 0 aliphatic carbocycles. The third-order valence-electron chi connectivity index (χ3n) is 4.16. The molecule has 0 saturated heterocycles. The lowest BCUT2D eigenvalue weighted by molar-refractivity contribution is 0.0991. The number of primary amides is 2. The predicted molar refractivity (Wildman–Crippen MR) is 99.8 cm³/mol. The Bertz CT molecular complexity index is 938. The van der Waals surface area contributed by atoms with Gasteiger partial charge in [-0.05, 0) is 34.7 Å². The highest BCUT2D eigenvalue weighted by Crippen LogP contribution is 2.22. The highest BCUT2D eigenvalue weighted by atomic mass is 16.1. The van der Waals surface area contributed by atoms with Crippen molar-refractivity contribution < 1.29 is 9.59 Å². The van der Waals surface area contributed by atoms with Crippen LogP contribution in [0, 0.1) is 0 Å². The third-order valence-corrected chi connectivity index (χ3v) is 4.16. The van der Waals surface area contributed by atoms with Crippen LogP contribution in [0.15, 0.2) is 66.7 Å². The van der Waals surface area contributed by atoms with Gasteiger partial charge in [0.05, 0.1) is 0 Å². The summed E-state index contributed by atoms with van der Waals surface area (Å²) in [6, 6.07) is 21.2. The van der Waals surface area contributed by atoms with Gasteiger partial charge in [0.2, 0.25) is 0 Å². The Morgan fingerprint density at radius 1 is 0.769 bits per heavy atom. The maximum Gasteiger partial charge on any atom is 0.267 e. The monoisotopic (exact) mass is 345 g/mol. The number of hydrogen-bond acceptors (Lipinski definition) is 3. The van der Waals surface area contributed by atoms with Gasteiger partial charge in [0.15, 0.2) is 0 Å². The van der Waals surface area contributed by atoms with E-state index in [9.17, 15) is 9.59 Å². The lowest BCUT2D eigenvalue weighted by atomic mass is 9.93. The van der Waals surface area contributed by atoms with E-state index in [4.69, 9.17) is 11.5 Å². The smallest absolute Gasteiger partial charge is 0.267 e. The van der Waals surface area contributed by atoms with Gasteiger partial charge in [0.25, 0.3) is 11.8 Å². The zero-order valence-corrected chi connectivity index (χ0v) is 14.2. The lowest BCUT2D eigenvalue weighted by Crippen LogP contribution is -2.22. The fraction of sp³-hybridized carbons (Fsp3) is 0.0952. The Morgan fingerprint density at radius 2 is 1.31 bits per heavy atom. The summed E-state index contributed by atoms with van der Waals surface area (Å²) in [6.07, 6.45) is 1.04. The number of carbonyl (C=O) groups is 2. The molecule has 130 valence electrons. The van der Waals surface area contributed by atoms with Crippen molar-refractivity contribution in [3.05, 3.63) is 100 Å². The van der Waals surface area contributed by atoms with E-state index >= 15 is 0 Å². The van der Waals surface area contributed by atoms with E-state index in [1.165, 1.54) is 0 Å². The highest BCUT2D eigenvalue weighted by Gasteiger charge is 2.19. The molecule has 3 aromatic rings. The van der Waals surface area contributed by atoms with Gasteiger partial charge in [-0.1, -0.05) is 60.7 Å². The van der Waals surface area contributed by atoms with Crippen molar-refractivity contribution in [1.29, 1.82) is 0 Å². The first kappa shape index (κ1) is 17.4. The van der Waals surface area contributed by atoms with Gasteiger partial charge in [-0.2, -0.15) is 0 Å². The van der Waals surface area contributed by atoms with Crippen LogP contribution < -0.4 is 11.5 Å². The molecule has 5 nitrogen and oxygen atoms in total. The van der Waals surface area contributed by atoms with E-state index in [2.05, 4.69) is 4.98 Å². The second kappa shape index (κ2) is 7.61. The number of carbonyl (C=O) groups excluding carboxylic acids is 2. The second-order valence-electron chi connectivity index (χ2n) is 6.05. The van der Waals surface area contributed by atoms with Crippen molar-refractivity contribution in [2.45, 2.75) is 12.8 Å². The maximum atomic E-state index is 12.0. The summed E-state index contributed by atoms with van der Waals surface area (Å²) in [7, 11) is 0. The Hall–Kier alpha value is -3.47. The fourth-order valence-electron chi connectivity index (χ4n) is 2.93. The lowest BCUT2D eigenvalue weighted by Gasteiger charge is -2.15. The Kier molecular flexibility index (Phi) is 5.08. The van der Waals surface area contributed by atoms with E-state index in [0.29, 0.717) is 12.8 Å².